The molecule has 5 heteroatoms. The van der Waals surface area contributed by atoms with Crippen molar-refractivity contribution in [1.82, 2.24) is 5.32 Å². The Bertz CT molecular complexity index is 530. The lowest BCUT2D eigenvalue weighted by Crippen LogP contribution is -2.41. The summed E-state index contributed by atoms with van der Waals surface area (Å²) in [6.45, 7) is 7.36. The predicted molar refractivity (Wildman–Crippen MR) is 81.1 cm³/mol. The maximum atomic E-state index is 12.1. The fourth-order valence-electron chi connectivity index (χ4n) is 1.53. The second kappa shape index (κ2) is 6.23. The fraction of sp³-hybridized carbons (Fsp3) is 0.333. The third kappa shape index (κ3) is 4.76. The van der Waals surface area contributed by atoms with Gasteiger partial charge in [0.2, 0.25) is 5.91 Å². The Morgan fingerprint density at radius 3 is 2.45 bits per heavy atom. The summed E-state index contributed by atoms with van der Waals surface area (Å²) < 4.78 is 0. The second-order valence-electron chi connectivity index (χ2n) is 5.60. The van der Waals surface area contributed by atoms with Gasteiger partial charge in [-0.05, 0) is 23.6 Å². The number of allylic oxidation sites excluding steroid dienone is 1. The number of carbonyl (C=O) groups is 2. The average molecular weight is 275 g/mol. The van der Waals surface area contributed by atoms with Crippen LogP contribution in [0.4, 0.5) is 16.2 Å². The molecule has 0 fully saturated rings. The Kier molecular flexibility index (Phi) is 4.91. The second-order valence-corrected chi connectivity index (χ2v) is 5.60. The summed E-state index contributed by atoms with van der Waals surface area (Å²) >= 11 is 0. The van der Waals surface area contributed by atoms with Crippen molar-refractivity contribution >= 4 is 23.3 Å². The van der Waals surface area contributed by atoms with Gasteiger partial charge in [0, 0.05) is 18.8 Å². The van der Waals surface area contributed by atoms with Gasteiger partial charge in [-0.1, -0.05) is 32.9 Å². The van der Waals surface area contributed by atoms with Crippen molar-refractivity contribution in [2.75, 3.05) is 10.6 Å². The first-order valence-corrected chi connectivity index (χ1v) is 6.35. The SMILES string of the molecule is CC(=O)N(C(=O)N/C=C/C(C)(C)C)c1cccc(N)c1. The van der Waals surface area contributed by atoms with E-state index in [1.54, 1.807) is 30.5 Å². The number of nitrogens with zero attached hydrogens (tertiary/aromatic N) is 1. The van der Waals surface area contributed by atoms with Crippen molar-refractivity contribution in [1.29, 1.82) is 0 Å². The summed E-state index contributed by atoms with van der Waals surface area (Å²) in [4.78, 5) is 24.8. The highest BCUT2D eigenvalue weighted by Crippen LogP contribution is 2.18. The Hall–Kier alpha value is -2.30. The Balaban J connectivity index is 2.90. The first kappa shape index (κ1) is 15.8. The number of rotatable bonds is 2. The van der Waals surface area contributed by atoms with E-state index in [2.05, 4.69) is 5.32 Å². The van der Waals surface area contributed by atoms with Crippen molar-refractivity contribution in [3.8, 4) is 0 Å². The molecule has 0 spiro atoms. The predicted octanol–water partition coefficient (Wildman–Crippen LogP) is 2.89. The lowest BCUT2D eigenvalue weighted by Gasteiger charge is -2.19. The van der Waals surface area contributed by atoms with Crippen molar-refractivity contribution in [3.63, 3.8) is 0 Å². The van der Waals surface area contributed by atoms with Crippen LogP contribution in [0.25, 0.3) is 0 Å². The van der Waals surface area contributed by atoms with E-state index in [4.69, 9.17) is 5.73 Å². The number of nitrogens with two attached hydrogens (primary N) is 1. The highest BCUT2D eigenvalue weighted by molar-refractivity contribution is 6.13. The first-order chi connectivity index (χ1) is 9.20. The molecule has 0 radical (unpaired) electrons. The molecule has 1 rings (SSSR count). The van der Waals surface area contributed by atoms with E-state index in [9.17, 15) is 9.59 Å². The summed E-state index contributed by atoms with van der Waals surface area (Å²) in [6, 6.07) is 6.11. The number of benzene rings is 1. The molecule has 108 valence electrons. The zero-order chi connectivity index (χ0) is 15.3. The van der Waals surface area contributed by atoms with E-state index in [0.29, 0.717) is 11.4 Å². The molecule has 0 bridgehead atoms. The van der Waals surface area contributed by atoms with E-state index in [1.165, 1.54) is 6.92 Å². The summed E-state index contributed by atoms with van der Waals surface area (Å²) in [5, 5.41) is 2.58. The van der Waals surface area contributed by atoms with Crippen molar-refractivity contribution < 1.29 is 9.59 Å². The minimum Gasteiger partial charge on any atom is -0.399 e. The number of anilines is 2. The Morgan fingerprint density at radius 1 is 1.30 bits per heavy atom. The van der Waals surface area contributed by atoms with Gasteiger partial charge in [0.05, 0.1) is 5.69 Å². The minimum absolute atomic E-state index is 0.0501. The van der Waals surface area contributed by atoms with Gasteiger partial charge >= 0.3 is 6.03 Å². The molecule has 0 aliphatic heterocycles. The molecule has 0 aliphatic rings. The molecule has 0 saturated heterocycles. The minimum atomic E-state index is -0.511. The van der Waals surface area contributed by atoms with Gasteiger partial charge in [0.1, 0.15) is 0 Å². The van der Waals surface area contributed by atoms with E-state index in [1.807, 2.05) is 26.8 Å². The molecule has 3 N–H and O–H groups in total. The van der Waals surface area contributed by atoms with Crippen LogP contribution < -0.4 is 16.0 Å². The summed E-state index contributed by atoms with van der Waals surface area (Å²) in [5.41, 5.74) is 6.56. The van der Waals surface area contributed by atoms with Crippen molar-refractivity contribution in [3.05, 3.63) is 36.5 Å². The normalized spacial score (nSPS) is 11.4. The summed E-state index contributed by atoms with van der Waals surface area (Å²) in [6.07, 6.45) is 3.40. The highest BCUT2D eigenvalue weighted by atomic mass is 16.2. The molecule has 1 aromatic carbocycles. The van der Waals surface area contributed by atoms with Gasteiger partial charge in [-0.25, -0.2) is 9.69 Å². The lowest BCUT2D eigenvalue weighted by atomic mass is 9.97. The molecule has 0 aromatic heterocycles. The van der Waals surface area contributed by atoms with E-state index < -0.39 is 6.03 Å². The van der Waals surface area contributed by atoms with Crippen LogP contribution >= 0.6 is 0 Å². The highest BCUT2D eigenvalue weighted by Gasteiger charge is 2.19. The Labute approximate surface area is 119 Å². The van der Waals surface area contributed by atoms with E-state index in [0.717, 1.165) is 4.90 Å². The lowest BCUT2D eigenvalue weighted by molar-refractivity contribution is -0.115. The molecule has 20 heavy (non-hydrogen) atoms. The number of hydrogen-bond donors (Lipinski definition) is 2. The number of imide groups is 1. The van der Waals surface area contributed by atoms with Crippen LogP contribution in [0.3, 0.4) is 0 Å². The quantitative estimate of drug-likeness (QED) is 0.815. The number of amides is 3. The molecular formula is C15H21N3O2. The standard InChI is InChI=1S/C15H21N3O2/c1-11(19)18(13-7-5-6-12(16)10-13)14(20)17-9-8-15(2,3)4/h5-10H,16H2,1-4H3,(H,17,20)/b9-8+. The molecule has 0 unspecified atom stereocenters. The molecule has 0 atom stereocenters. The summed E-state index contributed by atoms with van der Waals surface area (Å²) in [5.74, 6) is -0.378. The van der Waals surface area contributed by atoms with Crippen LogP contribution in [0.5, 0.6) is 0 Å². The zero-order valence-corrected chi connectivity index (χ0v) is 12.3. The number of hydrogen-bond acceptors (Lipinski definition) is 3. The number of nitrogen functional groups attached to an aromatic ring is 1. The van der Waals surface area contributed by atoms with E-state index >= 15 is 0 Å². The topological polar surface area (TPSA) is 75.4 Å². The van der Waals surface area contributed by atoms with E-state index in [-0.39, 0.29) is 11.3 Å². The molecule has 3 amide bonds. The maximum absolute atomic E-state index is 12.1. The van der Waals surface area contributed by atoms with Gasteiger partial charge in [-0.2, -0.15) is 0 Å². The molecule has 0 saturated carbocycles. The number of nitrogens with one attached hydrogen (secondary N) is 1. The van der Waals surface area contributed by atoms with Crippen LogP contribution in [0.15, 0.2) is 36.5 Å². The molecule has 1 aromatic rings. The number of urea groups is 1. The van der Waals surface area contributed by atoms with Gasteiger partial charge < -0.3 is 11.1 Å². The van der Waals surface area contributed by atoms with Crippen LogP contribution in [-0.4, -0.2) is 11.9 Å². The molecule has 0 heterocycles. The third-order valence-electron chi connectivity index (χ3n) is 2.44. The van der Waals surface area contributed by atoms with Crippen LogP contribution in [-0.2, 0) is 4.79 Å². The van der Waals surface area contributed by atoms with Crippen molar-refractivity contribution in [2.45, 2.75) is 27.7 Å². The average Bonchev–Trinajstić information content (AvgIpc) is 2.26. The zero-order valence-electron chi connectivity index (χ0n) is 12.3. The maximum Gasteiger partial charge on any atom is 0.332 e. The van der Waals surface area contributed by atoms with Gasteiger partial charge in [-0.3, -0.25) is 4.79 Å². The summed E-state index contributed by atoms with van der Waals surface area (Å²) in [7, 11) is 0. The van der Waals surface area contributed by atoms with Crippen LogP contribution in [0.2, 0.25) is 0 Å². The third-order valence-corrected chi connectivity index (χ3v) is 2.44. The largest absolute Gasteiger partial charge is 0.399 e. The molecule has 0 aliphatic carbocycles. The molecular weight excluding hydrogens is 254 g/mol. The monoisotopic (exact) mass is 275 g/mol. The van der Waals surface area contributed by atoms with Gasteiger partial charge in [0.25, 0.3) is 0 Å². The number of carbonyl (C=O) groups excluding carboxylic acids is 2. The smallest absolute Gasteiger partial charge is 0.332 e. The van der Waals surface area contributed by atoms with Crippen LogP contribution in [0.1, 0.15) is 27.7 Å². The van der Waals surface area contributed by atoms with Gasteiger partial charge in [0.15, 0.2) is 0 Å². The van der Waals surface area contributed by atoms with Crippen molar-refractivity contribution in [2.24, 2.45) is 5.41 Å². The first-order valence-electron chi connectivity index (χ1n) is 6.35. The Morgan fingerprint density at radius 2 is 1.95 bits per heavy atom. The molecule has 5 nitrogen and oxygen atoms in total. The van der Waals surface area contributed by atoms with Crippen LogP contribution in [0, 0.1) is 5.41 Å². The van der Waals surface area contributed by atoms with Gasteiger partial charge in [-0.15, -0.1) is 0 Å². The fourth-order valence-corrected chi connectivity index (χ4v) is 1.53.